The Kier molecular flexibility index (Phi) is 6.04. The molecule has 4 rings (SSSR count). The summed E-state index contributed by atoms with van der Waals surface area (Å²) < 4.78 is 11.5. The Morgan fingerprint density at radius 1 is 1.30 bits per heavy atom. The maximum atomic E-state index is 12.9. The summed E-state index contributed by atoms with van der Waals surface area (Å²) in [5.41, 5.74) is 10.8. The topological polar surface area (TPSA) is 167 Å². The molecule has 4 N–H and O–H groups in total. The van der Waals surface area contributed by atoms with Crippen LogP contribution in [0.2, 0.25) is 0 Å². The molecule has 4 aromatic rings. The summed E-state index contributed by atoms with van der Waals surface area (Å²) in [7, 11) is 1.43. The van der Waals surface area contributed by atoms with Gasteiger partial charge in [0.1, 0.15) is 5.69 Å². The Morgan fingerprint density at radius 3 is 2.73 bits per heavy atom. The Hall–Kier alpha value is -4.26. The van der Waals surface area contributed by atoms with Crippen molar-refractivity contribution in [1.82, 2.24) is 30.7 Å². The standard InChI is InChI=1S/C20H17BrN8O4/c1-10-3-5-12(6-4-10)16-15(24-28-29(16)19-18(22)26-33-27-19)20(31)25-23-9-11-7-13(21)17(30)14(8-11)32-2/h3-9,30H,1-2H3,(H2,22,26)(H,25,31)/b23-9-. The molecule has 0 spiro atoms. The average molecular weight is 513 g/mol. The molecule has 0 bridgehead atoms. The highest BCUT2D eigenvalue weighted by atomic mass is 79.9. The van der Waals surface area contributed by atoms with Crippen molar-refractivity contribution in [2.75, 3.05) is 12.8 Å². The number of benzene rings is 2. The van der Waals surface area contributed by atoms with Gasteiger partial charge >= 0.3 is 0 Å². The fourth-order valence-electron chi connectivity index (χ4n) is 2.93. The highest BCUT2D eigenvalue weighted by Gasteiger charge is 2.25. The summed E-state index contributed by atoms with van der Waals surface area (Å²) in [5, 5.41) is 29.2. The van der Waals surface area contributed by atoms with Gasteiger partial charge in [-0.2, -0.15) is 9.78 Å². The number of rotatable bonds is 6. The average Bonchev–Trinajstić information content (AvgIpc) is 3.42. The molecule has 2 aromatic carbocycles. The van der Waals surface area contributed by atoms with E-state index >= 15 is 0 Å². The van der Waals surface area contributed by atoms with Crippen LogP contribution >= 0.6 is 15.9 Å². The number of carbonyl (C=O) groups excluding carboxylic acids is 1. The first-order valence-corrected chi connectivity index (χ1v) is 10.2. The number of halogens is 1. The van der Waals surface area contributed by atoms with Crippen molar-refractivity contribution in [3.63, 3.8) is 0 Å². The Morgan fingerprint density at radius 2 is 2.06 bits per heavy atom. The molecule has 0 saturated carbocycles. The maximum Gasteiger partial charge on any atom is 0.294 e. The maximum absolute atomic E-state index is 12.9. The molecule has 2 aromatic heterocycles. The van der Waals surface area contributed by atoms with E-state index in [0.29, 0.717) is 21.3 Å². The van der Waals surface area contributed by atoms with Gasteiger partial charge in [0, 0.05) is 5.56 Å². The fourth-order valence-corrected chi connectivity index (χ4v) is 3.39. The second-order valence-corrected chi connectivity index (χ2v) is 7.64. The monoisotopic (exact) mass is 512 g/mol. The first-order chi connectivity index (χ1) is 15.9. The third kappa shape index (κ3) is 4.39. The number of hydrogen-bond donors (Lipinski definition) is 3. The van der Waals surface area contributed by atoms with E-state index in [2.05, 4.69) is 51.7 Å². The van der Waals surface area contributed by atoms with E-state index in [0.717, 1.165) is 5.56 Å². The number of hydrogen-bond acceptors (Lipinski definition) is 10. The van der Waals surface area contributed by atoms with Gasteiger partial charge in [-0.1, -0.05) is 35.0 Å². The summed E-state index contributed by atoms with van der Waals surface area (Å²) in [5.74, 6) is -0.320. The van der Waals surface area contributed by atoms with Gasteiger partial charge in [-0.25, -0.2) is 10.1 Å². The number of aromatic nitrogens is 5. The third-order valence-electron chi connectivity index (χ3n) is 4.56. The molecule has 33 heavy (non-hydrogen) atoms. The van der Waals surface area contributed by atoms with E-state index in [1.54, 1.807) is 12.1 Å². The molecule has 13 heteroatoms. The van der Waals surface area contributed by atoms with E-state index in [1.165, 1.54) is 18.0 Å². The predicted octanol–water partition coefficient (Wildman–Crippen LogP) is 2.45. The number of anilines is 1. The minimum Gasteiger partial charge on any atom is -0.503 e. The van der Waals surface area contributed by atoms with E-state index in [1.807, 2.05) is 31.2 Å². The quantitative estimate of drug-likeness (QED) is 0.259. The van der Waals surface area contributed by atoms with E-state index in [4.69, 9.17) is 10.5 Å². The molecule has 0 fully saturated rings. The smallest absolute Gasteiger partial charge is 0.294 e. The molecule has 0 aliphatic carbocycles. The molecule has 0 aliphatic heterocycles. The number of nitrogens with zero attached hydrogens (tertiary/aromatic N) is 6. The highest BCUT2D eigenvalue weighted by Crippen LogP contribution is 2.34. The largest absolute Gasteiger partial charge is 0.503 e. The lowest BCUT2D eigenvalue weighted by Gasteiger charge is -2.07. The molecule has 0 aliphatic rings. The SMILES string of the molecule is COc1cc(/C=N\NC(=O)c2nnn(-c3nonc3N)c2-c2ccc(C)cc2)cc(Br)c1O. The van der Waals surface area contributed by atoms with Gasteiger partial charge in [-0.3, -0.25) is 4.79 Å². The first kappa shape index (κ1) is 22.0. The number of phenolic OH excluding ortho intramolecular Hbond substituents is 1. The van der Waals surface area contributed by atoms with Crippen LogP contribution in [-0.4, -0.2) is 49.6 Å². The van der Waals surface area contributed by atoms with Crippen LogP contribution in [0.5, 0.6) is 11.5 Å². The molecule has 2 heterocycles. The molecule has 0 atom stereocenters. The zero-order chi connectivity index (χ0) is 23.5. The summed E-state index contributed by atoms with van der Waals surface area (Å²) in [6, 6.07) is 10.6. The lowest BCUT2D eigenvalue weighted by atomic mass is 10.1. The molecule has 0 radical (unpaired) electrons. The number of amides is 1. The van der Waals surface area contributed by atoms with Gasteiger partial charge in [0.15, 0.2) is 17.2 Å². The summed E-state index contributed by atoms with van der Waals surface area (Å²) in [6.45, 7) is 1.94. The number of aryl methyl sites for hydroxylation is 1. The van der Waals surface area contributed by atoms with Gasteiger partial charge < -0.3 is 15.6 Å². The molecule has 168 valence electrons. The van der Waals surface area contributed by atoms with Crippen molar-refractivity contribution in [2.24, 2.45) is 5.10 Å². The number of methoxy groups -OCH3 is 1. The zero-order valence-corrected chi connectivity index (χ0v) is 18.9. The lowest BCUT2D eigenvalue weighted by molar-refractivity contribution is 0.0950. The Labute approximate surface area is 195 Å². The predicted molar refractivity (Wildman–Crippen MR) is 121 cm³/mol. The number of nitrogens with one attached hydrogen (secondary N) is 1. The van der Waals surface area contributed by atoms with E-state index < -0.39 is 5.91 Å². The summed E-state index contributed by atoms with van der Waals surface area (Å²) in [4.78, 5) is 12.9. The number of nitrogens with two attached hydrogens (primary N) is 1. The van der Waals surface area contributed by atoms with Crippen LogP contribution in [-0.2, 0) is 0 Å². The van der Waals surface area contributed by atoms with Gasteiger partial charge in [0.2, 0.25) is 11.6 Å². The van der Waals surface area contributed by atoms with Crippen molar-refractivity contribution < 1.29 is 19.3 Å². The van der Waals surface area contributed by atoms with Gasteiger partial charge in [0.25, 0.3) is 5.91 Å². The number of ether oxygens (including phenoxy) is 1. The Balaban J connectivity index is 1.66. The van der Waals surface area contributed by atoms with Crippen LogP contribution in [0.3, 0.4) is 0 Å². The summed E-state index contributed by atoms with van der Waals surface area (Å²) >= 11 is 3.23. The van der Waals surface area contributed by atoms with Crippen molar-refractivity contribution >= 4 is 33.9 Å². The van der Waals surface area contributed by atoms with Gasteiger partial charge in [0.05, 0.1) is 17.8 Å². The molecule has 0 unspecified atom stereocenters. The molecule has 0 saturated heterocycles. The normalized spacial score (nSPS) is 11.1. The molecular weight excluding hydrogens is 496 g/mol. The number of carbonyl (C=O) groups is 1. The second kappa shape index (κ2) is 9.08. The van der Waals surface area contributed by atoms with Gasteiger partial charge in [-0.15, -0.1) is 5.10 Å². The van der Waals surface area contributed by atoms with Crippen molar-refractivity contribution in [3.8, 4) is 28.6 Å². The van der Waals surface area contributed by atoms with Crippen LogP contribution < -0.4 is 15.9 Å². The van der Waals surface area contributed by atoms with Gasteiger partial charge in [-0.05, 0) is 50.9 Å². The number of aromatic hydroxyl groups is 1. The number of nitrogen functional groups attached to an aromatic ring is 1. The van der Waals surface area contributed by atoms with Crippen LogP contribution in [0.1, 0.15) is 21.6 Å². The Bertz CT molecular complexity index is 1350. The van der Waals surface area contributed by atoms with E-state index in [-0.39, 0.29) is 28.8 Å². The third-order valence-corrected chi connectivity index (χ3v) is 5.16. The molecule has 12 nitrogen and oxygen atoms in total. The number of hydrazone groups is 1. The van der Waals surface area contributed by atoms with Crippen molar-refractivity contribution in [2.45, 2.75) is 6.92 Å². The lowest BCUT2D eigenvalue weighted by Crippen LogP contribution is -2.19. The van der Waals surface area contributed by atoms with Crippen LogP contribution in [0.4, 0.5) is 5.82 Å². The molecule has 1 amide bonds. The second-order valence-electron chi connectivity index (χ2n) is 6.79. The minimum atomic E-state index is -0.618. The first-order valence-electron chi connectivity index (χ1n) is 9.40. The van der Waals surface area contributed by atoms with E-state index in [9.17, 15) is 9.90 Å². The fraction of sp³-hybridized carbons (Fsp3) is 0.100. The zero-order valence-electron chi connectivity index (χ0n) is 17.4. The highest BCUT2D eigenvalue weighted by molar-refractivity contribution is 9.10. The number of phenols is 1. The van der Waals surface area contributed by atoms with Crippen molar-refractivity contribution in [1.29, 1.82) is 0 Å². The van der Waals surface area contributed by atoms with Crippen molar-refractivity contribution in [3.05, 3.63) is 57.7 Å². The molecular formula is C20H17BrN8O4. The summed E-state index contributed by atoms with van der Waals surface area (Å²) in [6.07, 6.45) is 1.39. The van der Waals surface area contributed by atoms with Crippen LogP contribution in [0, 0.1) is 6.92 Å². The van der Waals surface area contributed by atoms with Crippen LogP contribution in [0.25, 0.3) is 17.1 Å². The van der Waals surface area contributed by atoms with Crippen LogP contribution in [0.15, 0.2) is 50.6 Å². The minimum absolute atomic E-state index is 0.00917.